The molecule has 21 heavy (non-hydrogen) atoms. The van der Waals surface area contributed by atoms with Gasteiger partial charge in [-0.2, -0.15) is 0 Å². The van der Waals surface area contributed by atoms with Gasteiger partial charge in [0.15, 0.2) is 0 Å². The second kappa shape index (κ2) is 8.16. The molecule has 0 spiro atoms. The first-order valence-electron chi connectivity index (χ1n) is 7.72. The van der Waals surface area contributed by atoms with Crippen molar-refractivity contribution in [1.82, 2.24) is 5.32 Å². The van der Waals surface area contributed by atoms with Gasteiger partial charge in [0.2, 0.25) is 0 Å². The Balaban J connectivity index is 1.75. The van der Waals surface area contributed by atoms with E-state index in [1.165, 1.54) is 12.8 Å². The lowest BCUT2D eigenvalue weighted by Gasteiger charge is -2.30. The molecule has 1 aromatic rings. The minimum Gasteiger partial charge on any atom is -0.494 e. The summed E-state index contributed by atoms with van der Waals surface area (Å²) in [6, 6.07) is 8.05. The predicted octanol–water partition coefficient (Wildman–Crippen LogP) is 3.87. The smallest absolute Gasteiger partial charge is 0.119 e. The number of nitrogens with one attached hydrogen (secondary N) is 1. The molecular weight excluding hydrogens is 330 g/mol. The average Bonchev–Trinajstić information content (AvgIpc) is 3.31. The fourth-order valence-electron chi connectivity index (χ4n) is 2.70. The zero-order valence-corrected chi connectivity index (χ0v) is 14.6. The van der Waals surface area contributed by atoms with Crippen molar-refractivity contribution in [2.45, 2.75) is 26.2 Å². The highest BCUT2D eigenvalue weighted by Gasteiger charge is 2.40. The summed E-state index contributed by atoms with van der Waals surface area (Å²) in [4.78, 5) is 0. The summed E-state index contributed by atoms with van der Waals surface area (Å²) in [5, 5.41) is 3.52. The minimum absolute atomic E-state index is 0.336. The van der Waals surface area contributed by atoms with Crippen molar-refractivity contribution >= 4 is 15.9 Å². The van der Waals surface area contributed by atoms with Crippen molar-refractivity contribution in [2.75, 3.05) is 33.4 Å². The molecule has 1 atom stereocenters. The van der Waals surface area contributed by atoms with Gasteiger partial charge in [-0.1, -0.05) is 22.9 Å². The fraction of sp³-hybridized carbons (Fsp3) is 0.647. The van der Waals surface area contributed by atoms with Gasteiger partial charge in [-0.05, 0) is 54.9 Å². The highest BCUT2D eigenvalue weighted by molar-refractivity contribution is 9.10. The Kier molecular flexibility index (Phi) is 6.52. The number of halogens is 1. The Labute approximate surface area is 136 Å². The van der Waals surface area contributed by atoms with Gasteiger partial charge < -0.3 is 14.8 Å². The first-order valence-corrected chi connectivity index (χ1v) is 8.51. The fourth-order valence-corrected chi connectivity index (χ4v) is 2.96. The number of ether oxygens (including phenoxy) is 2. The van der Waals surface area contributed by atoms with Gasteiger partial charge in [-0.3, -0.25) is 0 Å². The van der Waals surface area contributed by atoms with E-state index < -0.39 is 0 Å². The number of methoxy groups -OCH3 is 1. The molecule has 1 saturated carbocycles. The van der Waals surface area contributed by atoms with E-state index in [-0.39, 0.29) is 0 Å². The molecule has 1 aromatic carbocycles. The minimum atomic E-state index is 0.336. The summed E-state index contributed by atoms with van der Waals surface area (Å²) < 4.78 is 12.1. The molecule has 0 aromatic heterocycles. The zero-order valence-electron chi connectivity index (χ0n) is 13.0. The first-order chi connectivity index (χ1) is 10.1. The molecule has 1 N–H and O–H groups in total. The zero-order chi connectivity index (χ0) is 15.1. The van der Waals surface area contributed by atoms with E-state index in [2.05, 4.69) is 28.2 Å². The van der Waals surface area contributed by atoms with E-state index in [0.29, 0.717) is 5.41 Å². The molecule has 0 amide bonds. The van der Waals surface area contributed by atoms with Gasteiger partial charge in [0, 0.05) is 24.7 Å². The molecule has 1 fully saturated rings. The summed E-state index contributed by atoms with van der Waals surface area (Å²) in [6.07, 6.45) is 3.81. The van der Waals surface area contributed by atoms with E-state index in [9.17, 15) is 0 Å². The van der Waals surface area contributed by atoms with Crippen LogP contribution in [0.15, 0.2) is 28.7 Å². The predicted molar refractivity (Wildman–Crippen MR) is 89.8 cm³/mol. The lowest BCUT2D eigenvalue weighted by atomic mass is 9.81. The normalized spacial score (nSPS) is 17.5. The Morgan fingerprint density at radius 2 is 1.95 bits per heavy atom. The topological polar surface area (TPSA) is 30.5 Å². The Hall–Kier alpha value is -0.580. The Morgan fingerprint density at radius 3 is 2.57 bits per heavy atom. The molecule has 4 heteroatoms. The molecule has 0 saturated heterocycles. The van der Waals surface area contributed by atoms with Crippen molar-refractivity contribution < 1.29 is 9.47 Å². The molecule has 1 unspecified atom stereocenters. The second-order valence-corrected chi connectivity index (χ2v) is 7.07. The summed E-state index contributed by atoms with van der Waals surface area (Å²) in [5.74, 6) is 1.80. The molecule has 0 radical (unpaired) electrons. The third-order valence-electron chi connectivity index (χ3n) is 4.33. The molecule has 0 heterocycles. The van der Waals surface area contributed by atoms with Crippen molar-refractivity contribution in [2.24, 2.45) is 11.3 Å². The van der Waals surface area contributed by atoms with Gasteiger partial charge in [0.05, 0.1) is 13.2 Å². The van der Waals surface area contributed by atoms with Crippen LogP contribution in [-0.4, -0.2) is 33.4 Å². The number of hydrogen-bond donors (Lipinski definition) is 1. The maximum absolute atomic E-state index is 5.89. The molecule has 1 aliphatic rings. The van der Waals surface area contributed by atoms with Gasteiger partial charge >= 0.3 is 0 Å². The van der Waals surface area contributed by atoms with E-state index in [0.717, 1.165) is 48.9 Å². The summed E-state index contributed by atoms with van der Waals surface area (Å²) in [7, 11) is 1.74. The summed E-state index contributed by atoms with van der Waals surface area (Å²) >= 11 is 3.44. The molecule has 0 aliphatic heterocycles. The monoisotopic (exact) mass is 355 g/mol. The second-order valence-electron chi connectivity index (χ2n) is 6.15. The third kappa shape index (κ3) is 5.61. The SMILES string of the molecule is COCCNCC(C)(CCOc1ccc(Br)cc1)C1CC1. The van der Waals surface area contributed by atoms with Gasteiger partial charge in [0.1, 0.15) is 5.75 Å². The lowest BCUT2D eigenvalue weighted by molar-refractivity contribution is 0.164. The molecule has 0 bridgehead atoms. The highest BCUT2D eigenvalue weighted by Crippen LogP contribution is 2.47. The maximum atomic E-state index is 5.89. The quantitative estimate of drug-likeness (QED) is 0.646. The van der Waals surface area contributed by atoms with Crippen LogP contribution < -0.4 is 10.1 Å². The van der Waals surface area contributed by atoms with E-state index in [1.54, 1.807) is 7.11 Å². The molecule has 2 rings (SSSR count). The van der Waals surface area contributed by atoms with Crippen LogP contribution in [0.25, 0.3) is 0 Å². The van der Waals surface area contributed by atoms with Crippen LogP contribution in [0.1, 0.15) is 26.2 Å². The van der Waals surface area contributed by atoms with E-state index in [1.807, 2.05) is 24.3 Å². The van der Waals surface area contributed by atoms with Crippen molar-refractivity contribution in [3.05, 3.63) is 28.7 Å². The van der Waals surface area contributed by atoms with Crippen LogP contribution in [-0.2, 0) is 4.74 Å². The number of hydrogen-bond acceptors (Lipinski definition) is 3. The molecular formula is C17H26BrNO2. The maximum Gasteiger partial charge on any atom is 0.119 e. The summed E-state index contributed by atoms with van der Waals surface area (Å²) in [6.45, 7) is 5.91. The first kappa shape index (κ1) is 16.8. The van der Waals surface area contributed by atoms with Crippen LogP contribution in [0.3, 0.4) is 0 Å². The van der Waals surface area contributed by atoms with Crippen LogP contribution in [0.2, 0.25) is 0 Å². The molecule has 118 valence electrons. The number of benzene rings is 1. The number of rotatable bonds is 10. The van der Waals surface area contributed by atoms with Gasteiger partial charge in [-0.15, -0.1) is 0 Å². The van der Waals surface area contributed by atoms with Crippen LogP contribution in [0.5, 0.6) is 5.75 Å². The van der Waals surface area contributed by atoms with Crippen molar-refractivity contribution in [3.8, 4) is 5.75 Å². The molecule has 3 nitrogen and oxygen atoms in total. The average molecular weight is 356 g/mol. The van der Waals surface area contributed by atoms with Crippen molar-refractivity contribution in [1.29, 1.82) is 0 Å². The van der Waals surface area contributed by atoms with Crippen LogP contribution in [0.4, 0.5) is 0 Å². The van der Waals surface area contributed by atoms with E-state index >= 15 is 0 Å². The third-order valence-corrected chi connectivity index (χ3v) is 4.86. The largest absolute Gasteiger partial charge is 0.494 e. The Bertz CT molecular complexity index is 419. The Morgan fingerprint density at radius 1 is 1.24 bits per heavy atom. The summed E-state index contributed by atoms with van der Waals surface area (Å²) in [5.41, 5.74) is 0.336. The standard InChI is InChI=1S/C17H26BrNO2/c1-17(14-3-4-14,13-19-10-12-20-2)9-11-21-16-7-5-15(18)6-8-16/h5-8,14,19H,3-4,9-13H2,1-2H3. The van der Waals surface area contributed by atoms with Crippen molar-refractivity contribution in [3.63, 3.8) is 0 Å². The van der Waals surface area contributed by atoms with Crippen LogP contribution in [0, 0.1) is 11.3 Å². The highest BCUT2D eigenvalue weighted by atomic mass is 79.9. The van der Waals surface area contributed by atoms with Crippen LogP contribution >= 0.6 is 15.9 Å². The molecule has 1 aliphatic carbocycles. The van der Waals surface area contributed by atoms with Gasteiger partial charge in [-0.25, -0.2) is 0 Å². The lowest BCUT2D eigenvalue weighted by Crippen LogP contribution is -2.36. The van der Waals surface area contributed by atoms with E-state index in [4.69, 9.17) is 9.47 Å². The van der Waals surface area contributed by atoms with Gasteiger partial charge in [0.25, 0.3) is 0 Å².